The molecule has 1 amide bonds. The lowest BCUT2D eigenvalue weighted by Crippen LogP contribution is -2.27. The van der Waals surface area contributed by atoms with E-state index in [0.29, 0.717) is 11.4 Å². The number of carbonyl (C=O) groups excluding carboxylic acids is 1. The summed E-state index contributed by atoms with van der Waals surface area (Å²) in [5, 5.41) is 2.84. The molecule has 0 bridgehead atoms. The SMILES string of the molecule is COc1ccccc1NC(=O)C(C)(C)C. The van der Waals surface area contributed by atoms with Crippen LogP contribution in [-0.4, -0.2) is 13.0 Å². The molecular weight excluding hydrogens is 190 g/mol. The van der Waals surface area contributed by atoms with Crippen LogP contribution < -0.4 is 10.1 Å². The first-order chi connectivity index (χ1) is 6.95. The highest BCUT2D eigenvalue weighted by atomic mass is 16.5. The van der Waals surface area contributed by atoms with Crippen molar-refractivity contribution >= 4 is 11.6 Å². The Hall–Kier alpha value is -1.51. The summed E-state index contributed by atoms with van der Waals surface area (Å²) in [6.45, 7) is 5.62. The first-order valence-corrected chi connectivity index (χ1v) is 4.89. The summed E-state index contributed by atoms with van der Waals surface area (Å²) in [6.07, 6.45) is 0. The molecule has 0 aromatic heterocycles. The van der Waals surface area contributed by atoms with Crippen LogP contribution in [0.15, 0.2) is 24.3 Å². The lowest BCUT2D eigenvalue weighted by Gasteiger charge is -2.18. The van der Waals surface area contributed by atoms with E-state index in [1.54, 1.807) is 7.11 Å². The second kappa shape index (κ2) is 4.34. The molecule has 0 atom stereocenters. The molecule has 0 unspecified atom stereocenters. The maximum Gasteiger partial charge on any atom is 0.229 e. The Morgan fingerprint density at radius 1 is 1.27 bits per heavy atom. The van der Waals surface area contributed by atoms with Gasteiger partial charge in [0.15, 0.2) is 0 Å². The molecule has 1 rings (SSSR count). The van der Waals surface area contributed by atoms with Gasteiger partial charge in [-0.05, 0) is 12.1 Å². The molecule has 1 aromatic rings. The average molecular weight is 207 g/mol. The minimum atomic E-state index is -0.402. The lowest BCUT2D eigenvalue weighted by molar-refractivity contribution is -0.123. The van der Waals surface area contributed by atoms with E-state index in [0.717, 1.165) is 0 Å². The third-order valence-electron chi connectivity index (χ3n) is 2.04. The van der Waals surface area contributed by atoms with Crippen molar-refractivity contribution < 1.29 is 9.53 Å². The smallest absolute Gasteiger partial charge is 0.229 e. The van der Waals surface area contributed by atoms with Crippen molar-refractivity contribution in [3.63, 3.8) is 0 Å². The van der Waals surface area contributed by atoms with Gasteiger partial charge in [-0.25, -0.2) is 0 Å². The van der Waals surface area contributed by atoms with Gasteiger partial charge >= 0.3 is 0 Å². The first-order valence-electron chi connectivity index (χ1n) is 4.89. The number of amides is 1. The number of carbonyl (C=O) groups is 1. The minimum absolute atomic E-state index is 0.0213. The van der Waals surface area contributed by atoms with Gasteiger partial charge in [0, 0.05) is 5.41 Å². The Bertz CT molecular complexity index is 353. The number of methoxy groups -OCH3 is 1. The molecule has 0 spiro atoms. The molecule has 0 aliphatic rings. The van der Waals surface area contributed by atoms with Gasteiger partial charge in [-0.2, -0.15) is 0 Å². The Kier molecular flexibility index (Phi) is 3.35. The van der Waals surface area contributed by atoms with Crippen LogP contribution in [0.1, 0.15) is 20.8 Å². The Morgan fingerprint density at radius 2 is 1.87 bits per heavy atom. The number of rotatable bonds is 2. The molecule has 0 saturated carbocycles. The van der Waals surface area contributed by atoms with Crippen molar-refractivity contribution in [1.82, 2.24) is 0 Å². The molecule has 0 heterocycles. The summed E-state index contributed by atoms with van der Waals surface area (Å²) < 4.78 is 5.14. The molecule has 0 aliphatic carbocycles. The molecule has 3 heteroatoms. The highest BCUT2D eigenvalue weighted by Gasteiger charge is 2.21. The van der Waals surface area contributed by atoms with Gasteiger partial charge in [-0.3, -0.25) is 4.79 Å². The summed E-state index contributed by atoms with van der Waals surface area (Å²) in [7, 11) is 1.59. The molecule has 15 heavy (non-hydrogen) atoms. The minimum Gasteiger partial charge on any atom is -0.495 e. The summed E-state index contributed by atoms with van der Waals surface area (Å²) in [5.74, 6) is 0.655. The van der Waals surface area contributed by atoms with E-state index in [1.165, 1.54) is 0 Å². The van der Waals surface area contributed by atoms with E-state index in [-0.39, 0.29) is 5.91 Å². The van der Waals surface area contributed by atoms with Crippen molar-refractivity contribution in [3.05, 3.63) is 24.3 Å². The highest BCUT2D eigenvalue weighted by molar-refractivity contribution is 5.95. The normalized spacial score (nSPS) is 10.9. The van der Waals surface area contributed by atoms with E-state index in [4.69, 9.17) is 4.74 Å². The van der Waals surface area contributed by atoms with Crippen molar-refractivity contribution in [2.45, 2.75) is 20.8 Å². The predicted octanol–water partition coefficient (Wildman–Crippen LogP) is 2.68. The van der Waals surface area contributed by atoms with Crippen LogP contribution in [-0.2, 0) is 4.79 Å². The second-order valence-electron chi connectivity index (χ2n) is 4.40. The molecular formula is C12H17NO2. The molecule has 3 nitrogen and oxygen atoms in total. The zero-order chi connectivity index (χ0) is 11.5. The van der Waals surface area contributed by atoms with Crippen molar-refractivity contribution in [2.75, 3.05) is 12.4 Å². The number of anilines is 1. The van der Waals surface area contributed by atoms with Gasteiger partial charge in [-0.15, -0.1) is 0 Å². The summed E-state index contributed by atoms with van der Waals surface area (Å²) in [4.78, 5) is 11.7. The van der Waals surface area contributed by atoms with E-state index in [9.17, 15) is 4.79 Å². The van der Waals surface area contributed by atoms with Crippen molar-refractivity contribution in [2.24, 2.45) is 5.41 Å². The number of benzene rings is 1. The van der Waals surface area contributed by atoms with E-state index >= 15 is 0 Å². The number of hydrogen-bond acceptors (Lipinski definition) is 2. The maximum absolute atomic E-state index is 11.7. The quantitative estimate of drug-likeness (QED) is 0.809. The molecule has 0 radical (unpaired) electrons. The number of hydrogen-bond donors (Lipinski definition) is 1. The van der Waals surface area contributed by atoms with Crippen LogP contribution in [0, 0.1) is 5.41 Å². The van der Waals surface area contributed by atoms with Gasteiger partial charge in [0.25, 0.3) is 0 Å². The molecule has 1 aromatic carbocycles. The van der Waals surface area contributed by atoms with E-state index in [1.807, 2.05) is 45.0 Å². The Morgan fingerprint density at radius 3 is 2.40 bits per heavy atom. The maximum atomic E-state index is 11.7. The molecule has 0 aliphatic heterocycles. The number of para-hydroxylation sites is 2. The first kappa shape index (κ1) is 11.6. The second-order valence-corrected chi connectivity index (χ2v) is 4.40. The van der Waals surface area contributed by atoms with Gasteiger partial charge in [0.2, 0.25) is 5.91 Å². The summed E-state index contributed by atoms with van der Waals surface area (Å²) >= 11 is 0. The fraction of sp³-hybridized carbons (Fsp3) is 0.417. The lowest BCUT2D eigenvalue weighted by atomic mass is 9.95. The molecule has 0 saturated heterocycles. The Balaban J connectivity index is 2.85. The van der Waals surface area contributed by atoms with Crippen molar-refractivity contribution in [3.8, 4) is 5.75 Å². The van der Waals surface area contributed by atoms with Crippen LogP contribution in [0.3, 0.4) is 0 Å². The predicted molar refractivity (Wildman–Crippen MR) is 61.1 cm³/mol. The number of ether oxygens (including phenoxy) is 1. The van der Waals surface area contributed by atoms with E-state index < -0.39 is 5.41 Å². The largest absolute Gasteiger partial charge is 0.495 e. The fourth-order valence-corrected chi connectivity index (χ4v) is 1.06. The highest BCUT2D eigenvalue weighted by Crippen LogP contribution is 2.25. The summed E-state index contributed by atoms with van der Waals surface area (Å²) in [6, 6.07) is 7.37. The van der Waals surface area contributed by atoms with E-state index in [2.05, 4.69) is 5.32 Å². The average Bonchev–Trinajstić information content (AvgIpc) is 2.17. The topological polar surface area (TPSA) is 38.3 Å². The number of nitrogens with one attached hydrogen (secondary N) is 1. The van der Waals surface area contributed by atoms with Gasteiger partial charge in [0.1, 0.15) is 5.75 Å². The zero-order valence-corrected chi connectivity index (χ0v) is 9.63. The standard InChI is InChI=1S/C12H17NO2/c1-12(2,3)11(14)13-9-7-5-6-8-10(9)15-4/h5-8H,1-4H3,(H,13,14). The van der Waals surface area contributed by atoms with Gasteiger partial charge < -0.3 is 10.1 Å². The molecule has 82 valence electrons. The van der Waals surface area contributed by atoms with Gasteiger partial charge in [0.05, 0.1) is 12.8 Å². The third-order valence-corrected chi connectivity index (χ3v) is 2.04. The molecule has 1 N–H and O–H groups in total. The molecule has 0 fully saturated rings. The Labute approximate surface area is 90.4 Å². The van der Waals surface area contributed by atoms with Crippen LogP contribution in [0.5, 0.6) is 5.75 Å². The van der Waals surface area contributed by atoms with Crippen LogP contribution in [0.25, 0.3) is 0 Å². The van der Waals surface area contributed by atoms with Crippen LogP contribution in [0.4, 0.5) is 5.69 Å². The fourth-order valence-electron chi connectivity index (χ4n) is 1.06. The summed E-state index contributed by atoms with van der Waals surface area (Å²) in [5.41, 5.74) is 0.306. The van der Waals surface area contributed by atoms with Crippen molar-refractivity contribution in [1.29, 1.82) is 0 Å². The third kappa shape index (κ3) is 2.98. The van der Waals surface area contributed by atoms with Crippen LogP contribution in [0.2, 0.25) is 0 Å². The zero-order valence-electron chi connectivity index (χ0n) is 9.63. The van der Waals surface area contributed by atoms with Gasteiger partial charge in [-0.1, -0.05) is 32.9 Å². The monoisotopic (exact) mass is 207 g/mol. The van der Waals surface area contributed by atoms with Crippen LogP contribution >= 0.6 is 0 Å².